The molecule has 1 aromatic carbocycles. The normalized spacial score (nSPS) is 14.2. The summed E-state index contributed by atoms with van der Waals surface area (Å²) in [4.78, 5) is 1.18. The number of aryl methyl sites for hydroxylation is 2. The van der Waals surface area contributed by atoms with Gasteiger partial charge in [0.05, 0.1) is 0 Å². The van der Waals surface area contributed by atoms with Crippen molar-refractivity contribution in [3.05, 3.63) is 50.7 Å². The van der Waals surface area contributed by atoms with E-state index in [2.05, 4.69) is 18.4 Å². The van der Waals surface area contributed by atoms with E-state index in [0.29, 0.717) is 0 Å². The molecule has 2 nitrogen and oxygen atoms in total. The van der Waals surface area contributed by atoms with E-state index in [1.807, 2.05) is 32.0 Å². The highest BCUT2D eigenvalue weighted by Crippen LogP contribution is 2.31. The maximum Gasteiger partial charge on any atom is 0.148 e. The summed E-state index contributed by atoms with van der Waals surface area (Å²) < 4.78 is 6.06. The van der Waals surface area contributed by atoms with Gasteiger partial charge in [0.25, 0.3) is 0 Å². The minimum absolute atomic E-state index is 0.0756. The number of nitrogens with two attached hydrogens (primary N) is 1. The molecule has 0 bridgehead atoms. The van der Waals surface area contributed by atoms with Crippen LogP contribution in [0.15, 0.2) is 29.6 Å². The molecule has 102 valence electrons. The first-order valence-electron chi connectivity index (χ1n) is 6.21. The van der Waals surface area contributed by atoms with Crippen LogP contribution in [0.4, 0.5) is 0 Å². The van der Waals surface area contributed by atoms with E-state index in [0.717, 1.165) is 16.3 Å². The maximum atomic E-state index is 6.07. The average Bonchev–Trinajstić information content (AvgIpc) is 2.76. The summed E-state index contributed by atoms with van der Waals surface area (Å²) in [5.41, 5.74) is 8.29. The SMILES string of the molecule is Cc1cc(OC(c2sccc2C)C(C)N)ccc1Cl. The van der Waals surface area contributed by atoms with Crippen molar-refractivity contribution in [3.8, 4) is 5.75 Å². The van der Waals surface area contributed by atoms with Crippen LogP contribution < -0.4 is 10.5 Å². The van der Waals surface area contributed by atoms with Crippen LogP contribution in [0.5, 0.6) is 5.75 Å². The van der Waals surface area contributed by atoms with Crippen molar-refractivity contribution >= 4 is 22.9 Å². The minimum atomic E-state index is -0.124. The standard InChI is InChI=1S/C15H18ClNOS/c1-9-6-7-19-15(9)14(11(3)17)18-12-4-5-13(16)10(2)8-12/h4-8,11,14H,17H2,1-3H3. The van der Waals surface area contributed by atoms with Crippen LogP contribution in [-0.2, 0) is 0 Å². The molecule has 1 heterocycles. The largest absolute Gasteiger partial charge is 0.483 e. The fraction of sp³-hybridized carbons (Fsp3) is 0.333. The molecule has 0 aliphatic carbocycles. The zero-order chi connectivity index (χ0) is 14.0. The number of ether oxygens (including phenoxy) is 1. The Bertz CT molecular complexity index is 565. The molecule has 0 radical (unpaired) electrons. The molecular weight excluding hydrogens is 278 g/mol. The van der Waals surface area contributed by atoms with Crippen molar-refractivity contribution < 1.29 is 4.74 Å². The molecule has 0 amide bonds. The van der Waals surface area contributed by atoms with E-state index in [-0.39, 0.29) is 12.1 Å². The van der Waals surface area contributed by atoms with Crippen LogP contribution in [0.2, 0.25) is 5.02 Å². The minimum Gasteiger partial charge on any atom is -0.483 e. The topological polar surface area (TPSA) is 35.2 Å². The van der Waals surface area contributed by atoms with Gasteiger partial charge >= 0.3 is 0 Å². The molecule has 0 aliphatic heterocycles. The maximum absolute atomic E-state index is 6.07. The number of thiophene rings is 1. The summed E-state index contributed by atoms with van der Waals surface area (Å²) in [6.07, 6.45) is -0.124. The van der Waals surface area contributed by atoms with Crippen molar-refractivity contribution in [1.82, 2.24) is 0 Å². The quantitative estimate of drug-likeness (QED) is 0.902. The van der Waals surface area contributed by atoms with Crippen molar-refractivity contribution in [2.75, 3.05) is 0 Å². The molecule has 2 unspecified atom stereocenters. The molecule has 4 heteroatoms. The van der Waals surface area contributed by atoms with Crippen LogP contribution in [-0.4, -0.2) is 6.04 Å². The van der Waals surface area contributed by atoms with Crippen LogP contribution in [0.3, 0.4) is 0 Å². The number of benzene rings is 1. The van der Waals surface area contributed by atoms with Crippen molar-refractivity contribution in [2.45, 2.75) is 32.9 Å². The first kappa shape index (κ1) is 14.4. The number of halogens is 1. The van der Waals surface area contributed by atoms with Gasteiger partial charge in [0.1, 0.15) is 11.9 Å². The van der Waals surface area contributed by atoms with Gasteiger partial charge < -0.3 is 10.5 Å². The third kappa shape index (κ3) is 3.30. The molecule has 1 aromatic heterocycles. The molecular formula is C15H18ClNOS. The lowest BCUT2D eigenvalue weighted by molar-refractivity contribution is 0.183. The van der Waals surface area contributed by atoms with E-state index in [1.54, 1.807) is 11.3 Å². The van der Waals surface area contributed by atoms with Gasteiger partial charge in [-0.2, -0.15) is 0 Å². The molecule has 0 saturated carbocycles. The van der Waals surface area contributed by atoms with Gasteiger partial charge in [-0.1, -0.05) is 11.6 Å². The predicted molar refractivity (Wildman–Crippen MR) is 82.3 cm³/mol. The zero-order valence-corrected chi connectivity index (χ0v) is 12.9. The molecule has 2 atom stereocenters. The highest BCUT2D eigenvalue weighted by atomic mass is 35.5. The summed E-state index contributed by atoms with van der Waals surface area (Å²) >= 11 is 7.71. The van der Waals surface area contributed by atoms with Crippen LogP contribution in [0.25, 0.3) is 0 Å². The second-order valence-corrected chi connectivity index (χ2v) is 6.13. The second-order valence-electron chi connectivity index (χ2n) is 4.78. The molecule has 19 heavy (non-hydrogen) atoms. The first-order valence-corrected chi connectivity index (χ1v) is 7.47. The van der Waals surface area contributed by atoms with Gasteiger partial charge in [0, 0.05) is 15.9 Å². The Kier molecular flexibility index (Phi) is 4.50. The monoisotopic (exact) mass is 295 g/mol. The van der Waals surface area contributed by atoms with Crippen molar-refractivity contribution in [3.63, 3.8) is 0 Å². The summed E-state index contributed by atoms with van der Waals surface area (Å²) in [6, 6.07) is 7.69. The van der Waals surface area contributed by atoms with Gasteiger partial charge in [0.15, 0.2) is 0 Å². The third-order valence-corrected chi connectivity index (χ3v) is 4.53. The number of hydrogen-bond acceptors (Lipinski definition) is 3. The molecule has 2 rings (SSSR count). The van der Waals surface area contributed by atoms with Gasteiger partial charge in [0.2, 0.25) is 0 Å². The molecule has 2 aromatic rings. The van der Waals surface area contributed by atoms with E-state index >= 15 is 0 Å². The average molecular weight is 296 g/mol. The summed E-state index contributed by atoms with van der Waals surface area (Å²) in [6.45, 7) is 6.01. The van der Waals surface area contributed by atoms with Crippen molar-refractivity contribution in [2.24, 2.45) is 5.73 Å². The molecule has 0 saturated heterocycles. The van der Waals surface area contributed by atoms with Crippen molar-refractivity contribution in [1.29, 1.82) is 0 Å². The fourth-order valence-corrected chi connectivity index (χ4v) is 3.10. The number of hydrogen-bond donors (Lipinski definition) is 1. The van der Waals surface area contributed by atoms with Crippen LogP contribution in [0.1, 0.15) is 29.0 Å². The van der Waals surface area contributed by atoms with E-state index in [9.17, 15) is 0 Å². The Morgan fingerprint density at radius 1 is 1.21 bits per heavy atom. The molecule has 0 fully saturated rings. The van der Waals surface area contributed by atoms with Gasteiger partial charge in [-0.3, -0.25) is 0 Å². The van der Waals surface area contributed by atoms with E-state index in [1.165, 1.54) is 10.4 Å². The summed E-state index contributed by atoms with van der Waals surface area (Å²) in [5, 5.41) is 2.81. The van der Waals surface area contributed by atoms with E-state index < -0.39 is 0 Å². The predicted octanol–water partition coefficient (Wildman–Crippen LogP) is 4.49. The highest BCUT2D eigenvalue weighted by molar-refractivity contribution is 7.10. The van der Waals surface area contributed by atoms with Crippen LogP contribution in [0, 0.1) is 13.8 Å². The Morgan fingerprint density at radius 3 is 2.47 bits per heavy atom. The Balaban J connectivity index is 2.27. The fourth-order valence-electron chi connectivity index (χ4n) is 1.91. The Labute approximate surface area is 123 Å². The smallest absolute Gasteiger partial charge is 0.148 e. The lowest BCUT2D eigenvalue weighted by Gasteiger charge is -2.22. The highest BCUT2D eigenvalue weighted by Gasteiger charge is 2.21. The first-order chi connectivity index (χ1) is 8.99. The lowest BCUT2D eigenvalue weighted by atomic mass is 10.1. The van der Waals surface area contributed by atoms with Crippen LogP contribution >= 0.6 is 22.9 Å². The third-order valence-electron chi connectivity index (χ3n) is 3.03. The Hall–Kier alpha value is -1.03. The summed E-state index contributed by atoms with van der Waals surface area (Å²) in [5.74, 6) is 0.803. The van der Waals surface area contributed by atoms with Gasteiger partial charge in [-0.15, -0.1) is 11.3 Å². The molecule has 0 aliphatic rings. The second kappa shape index (κ2) is 5.95. The molecule has 0 spiro atoms. The summed E-state index contributed by atoms with van der Waals surface area (Å²) in [7, 11) is 0. The van der Waals surface area contributed by atoms with Gasteiger partial charge in [-0.05, 0) is 61.5 Å². The lowest BCUT2D eigenvalue weighted by Crippen LogP contribution is -2.28. The molecule has 2 N–H and O–H groups in total. The van der Waals surface area contributed by atoms with Gasteiger partial charge in [-0.25, -0.2) is 0 Å². The number of rotatable bonds is 4. The Morgan fingerprint density at radius 2 is 1.95 bits per heavy atom. The van der Waals surface area contributed by atoms with E-state index in [4.69, 9.17) is 22.1 Å². The zero-order valence-electron chi connectivity index (χ0n) is 11.3.